The van der Waals surface area contributed by atoms with E-state index in [0.717, 1.165) is 16.7 Å². The lowest BCUT2D eigenvalue weighted by molar-refractivity contribution is -0.154. The van der Waals surface area contributed by atoms with Crippen LogP contribution in [0.25, 0.3) is 0 Å². The molecule has 0 aliphatic carbocycles. The van der Waals surface area contributed by atoms with E-state index in [0.29, 0.717) is 23.7 Å². The average molecular weight is 374 g/mol. The number of rotatable bonds is 4. The Morgan fingerprint density at radius 2 is 1.92 bits per heavy atom. The molecule has 1 atom stereocenters. The van der Waals surface area contributed by atoms with Gasteiger partial charge in [0.15, 0.2) is 6.61 Å². The molecule has 1 heterocycles. The molecule has 0 N–H and O–H groups in total. The number of halogens is 1. The van der Waals surface area contributed by atoms with Crippen LogP contribution in [0.1, 0.15) is 16.7 Å². The van der Waals surface area contributed by atoms with Crippen molar-refractivity contribution < 1.29 is 19.1 Å². The van der Waals surface area contributed by atoms with Crippen LogP contribution < -0.4 is 4.74 Å². The molecule has 0 saturated heterocycles. The minimum Gasteiger partial charge on any atom is -0.484 e. The van der Waals surface area contributed by atoms with E-state index in [4.69, 9.17) is 21.1 Å². The fraction of sp³-hybridized carbons (Fsp3) is 0.300. The molecule has 1 aliphatic heterocycles. The molecular formula is C20H20ClNO4. The van der Waals surface area contributed by atoms with E-state index in [1.807, 2.05) is 31.2 Å². The number of carbonyl (C=O) groups is 2. The van der Waals surface area contributed by atoms with Gasteiger partial charge in [0, 0.05) is 18.0 Å². The van der Waals surface area contributed by atoms with E-state index in [-0.39, 0.29) is 12.5 Å². The summed E-state index contributed by atoms with van der Waals surface area (Å²) in [5.41, 5.74) is 2.96. The van der Waals surface area contributed by atoms with Gasteiger partial charge in [0.05, 0.1) is 7.11 Å². The number of hydrogen-bond donors (Lipinski definition) is 0. The Hall–Kier alpha value is -2.53. The fourth-order valence-corrected chi connectivity index (χ4v) is 3.18. The van der Waals surface area contributed by atoms with Gasteiger partial charge in [-0.05, 0) is 41.8 Å². The molecule has 0 fully saturated rings. The van der Waals surface area contributed by atoms with Crippen molar-refractivity contribution in [2.45, 2.75) is 25.9 Å². The SMILES string of the molecule is COC(=O)[C@@H]1Cc2ccccc2CN1C(=O)COc1ccc(Cl)c(C)c1. The smallest absolute Gasteiger partial charge is 0.328 e. The predicted octanol–water partition coefficient (Wildman–Crippen LogP) is 3.15. The highest BCUT2D eigenvalue weighted by molar-refractivity contribution is 6.31. The molecule has 0 spiro atoms. The number of aryl methyl sites for hydroxylation is 1. The topological polar surface area (TPSA) is 55.8 Å². The zero-order chi connectivity index (χ0) is 18.7. The van der Waals surface area contributed by atoms with Crippen LogP contribution in [0.3, 0.4) is 0 Å². The summed E-state index contributed by atoms with van der Waals surface area (Å²) >= 11 is 6.00. The summed E-state index contributed by atoms with van der Waals surface area (Å²) < 4.78 is 10.5. The fourth-order valence-electron chi connectivity index (χ4n) is 3.07. The van der Waals surface area contributed by atoms with Gasteiger partial charge in [-0.15, -0.1) is 0 Å². The van der Waals surface area contributed by atoms with Crippen LogP contribution in [0.2, 0.25) is 5.02 Å². The molecule has 0 saturated carbocycles. The number of fused-ring (bicyclic) bond motifs is 1. The van der Waals surface area contributed by atoms with Crippen molar-refractivity contribution in [3.63, 3.8) is 0 Å². The van der Waals surface area contributed by atoms with Crippen molar-refractivity contribution in [3.8, 4) is 5.75 Å². The third-order valence-corrected chi connectivity index (χ3v) is 4.96. The first-order valence-corrected chi connectivity index (χ1v) is 8.70. The van der Waals surface area contributed by atoms with Gasteiger partial charge in [-0.3, -0.25) is 4.79 Å². The number of esters is 1. The van der Waals surface area contributed by atoms with Crippen molar-refractivity contribution >= 4 is 23.5 Å². The quantitative estimate of drug-likeness (QED) is 0.772. The maximum Gasteiger partial charge on any atom is 0.328 e. The number of hydrogen-bond acceptors (Lipinski definition) is 4. The summed E-state index contributed by atoms with van der Waals surface area (Å²) in [6.07, 6.45) is 0.439. The third-order valence-electron chi connectivity index (χ3n) is 4.53. The van der Waals surface area contributed by atoms with Gasteiger partial charge in [-0.25, -0.2) is 4.79 Å². The van der Waals surface area contributed by atoms with Crippen molar-refractivity contribution in [1.82, 2.24) is 4.90 Å². The maximum atomic E-state index is 12.7. The third kappa shape index (κ3) is 3.83. The van der Waals surface area contributed by atoms with Crippen LogP contribution >= 0.6 is 11.6 Å². The number of nitrogens with zero attached hydrogens (tertiary/aromatic N) is 1. The number of methoxy groups -OCH3 is 1. The Kier molecular flexibility index (Phi) is 5.47. The van der Waals surface area contributed by atoms with E-state index in [1.54, 1.807) is 18.2 Å². The highest BCUT2D eigenvalue weighted by atomic mass is 35.5. The Balaban J connectivity index is 1.75. The molecule has 3 rings (SSSR count). The predicted molar refractivity (Wildman–Crippen MR) is 98.2 cm³/mol. The van der Waals surface area contributed by atoms with E-state index < -0.39 is 12.0 Å². The lowest BCUT2D eigenvalue weighted by Crippen LogP contribution is -2.50. The first-order valence-electron chi connectivity index (χ1n) is 8.32. The van der Waals surface area contributed by atoms with E-state index >= 15 is 0 Å². The summed E-state index contributed by atoms with van der Waals surface area (Å²) in [5.74, 6) is -0.120. The monoisotopic (exact) mass is 373 g/mol. The molecule has 26 heavy (non-hydrogen) atoms. The van der Waals surface area contributed by atoms with Gasteiger partial charge in [-0.1, -0.05) is 35.9 Å². The second-order valence-corrected chi connectivity index (χ2v) is 6.64. The zero-order valence-electron chi connectivity index (χ0n) is 14.7. The van der Waals surface area contributed by atoms with Gasteiger partial charge in [0.2, 0.25) is 0 Å². The van der Waals surface area contributed by atoms with Crippen LogP contribution in [0.5, 0.6) is 5.75 Å². The number of carbonyl (C=O) groups excluding carboxylic acids is 2. The molecule has 6 heteroatoms. The summed E-state index contributed by atoms with van der Waals surface area (Å²) in [7, 11) is 1.33. The minimum absolute atomic E-state index is 0.156. The Morgan fingerprint density at radius 1 is 1.19 bits per heavy atom. The highest BCUT2D eigenvalue weighted by Gasteiger charge is 2.35. The molecular weight excluding hydrogens is 354 g/mol. The Morgan fingerprint density at radius 3 is 2.62 bits per heavy atom. The van der Waals surface area contributed by atoms with Gasteiger partial charge < -0.3 is 14.4 Å². The number of ether oxygens (including phenoxy) is 2. The second kappa shape index (κ2) is 7.79. The van der Waals surface area contributed by atoms with Crippen LogP contribution in [0.4, 0.5) is 0 Å². The molecule has 2 aromatic carbocycles. The zero-order valence-corrected chi connectivity index (χ0v) is 15.5. The van der Waals surface area contributed by atoms with E-state index in [1.165, 1.54) is 12.0 Å². The second-order valence-electron chi connectivity index (χ2n) is 6.23. The number of amides is 1. The molecule has 2 aromatic rings. The Bertz CT molecular complexity index is 836. The lowest BCUT2D eigenvalue weighted by atomic mass is 9.94. The minimum atomic E-state index is -0.641. The molecule has 0 radical (unpaired) electrons. The van der Waals surface area contributed by atoms with Crippen LogP contribution in [0, 0.1) is 6.92 Å². The largest absolute Gasteiger partial charge is 0.484 e. The van der Waals surface area contributed by atoms with Crippen LogP contribution in [0.15, 0.2) is 42.5 Å². The molecule has 5 nitrogen and oxygen atoms in total. The standard InChI is InChI=1S/C20H20ClNO4/c1-13-9-16(7-8-17(13)21)26-12-19(23)22-11-15-6-4-3-5-14(15)10-18(22)20(24)25-2/h3-9,18H,10-12H2,1-2H3/t18-/m0/s1. The van der Waals surface area contributed by atoms with Gasteiger partial charge in [0.1, 0.15) is 11.8 Å². The van der Waals surface area contributed by atoms with Gasteiger partial charge >= 0.3 is 5.97 Å². The molecule has 0 unspecified atom stereocenters. The average Bonchev–Trinajstić information content (AvgIpc) is 2.67. The molecule has 0 bridgehead atoms. The molecule has 1 aliphatic rings. The first kappa shape index (κ1) is 18.3. The van der Waals surface area contributed by atoms with E-state index in [2.05, 4.69) is 0 Å². The van der Waals surface area contributed by atoms with Crippen molar-refractivity contribution in [2.75, 3.05) is 13.7 Å². The molecule has 1 amide bonds. The van der Waals surface area contributed by atoms with Gasteiger partial charge in [-0.2, -0.15) is 0 Å². The summed E-state index contributed by atoms with van der Waals surface area (Å²) in [4.78, 5) is 26.4. The lowest BCUT2D eigenvalue weighted by Gasteiger charge is -2.35. The molecule has 136 valence electrons. The summed E-state index contributed by atoms with van der Waals surface area (Å²) in [6.45, 7) is 2.07. The summed E-state index contributed by atoms with van der Waals surface area (Å²) in [5, 5.41) is 0.641. The van der Waals surface area contributed by atoms with Crippen molar-refractivity contribution in [1.29, 1.82) is 0 Å². The van der Waals surface area contributed by atoms with Crippen molar-refractivity contribution in [2.24, 2.45) is 0 Å². The Labute approximate surface area is 157 Å². The number of benzene rings is 2. The maximum absolute atomic E-state index is 12.7. The van der Waals surface area contributed by atoms with Crippen LogP contribution in [-0.4, -0.2) is 36.5 Å². The van der Waals surface area contributed by atoms with Crippen molar-refractivity contribution in [3.05, 3.63) is 64.2 Å². The highest BCUT2D eigenvalue weighted by Crippen LogP contribution is 2.25. The first-order chi connectivity index (χ1) is 12.5. The van der Waals surface area contributed by atoms with Crippen LogP contribution in [-0.2, 0) is 27.3 Å². The molecule has 0 aromatic heterocycles. The van der Waals surface area contributed by atoms with Gasteiger partial charge in [0.25, 0.3) is 5.91 Å². The summed E-state index contributed by atoms with van der Waals surface area (Å²) in [6, 6.07) is 12.4. The normalized spacial score (nSPS) is 16.0. The van der Waals surface area contributed by atoms with E-state index in [9.17, 15) is 9.59 Å².